The van der Waals surface area contributed by atoms with E-state index in [4.69, 9.17) is 4.98 Å². The molecule has 1 aliphatic rings. The van der Waals surface area contributed by atoms with Crippen molar-refractivity contribution in [2.45, 2.75) is 51.6 Å². The van der Waals surface area contributed by atoms with Crippen molar-refractivity contribution in [1.29, 1.82) is 0 Å². The first kappa shape index (κ1) is 19.4. The van der Waals surface area contributed by atoms with Crippen molar-refractivity contribution in [3.8, 4) is 0 Å². The summed E-state index contributed by atoms with van der Waals surface area (Å²) in [6.45, 7) is 2.59. The molecule has 0 radical (unpaired) electrons. The Hall–Kier alpha value is -2.88. The molecule has 0 aliphatic heterocycles. The molecule has 2 aromatic carbocycles. The molecule has 1 N–H and O–H groups in total. The van der Waals surface area contributed by atoms with Gasteiger partial charge in [-0.2, -0.15) is 0 Å². The number of hydrogen-bond acceptors (Lipinski definition) is 3. The Morgan fingerprint density at radius 2 is 1.79 bits per heavy atom. The summed E-state index contributed by atoms with van der Waals surface area (Å²) < 4.78 is 0. The third-order valence-electron chi connectivity index (χ3n) is 6.13. The maximum absolute atomic E-state index is 13.1. The lowest BCUT2D eigenvalue weighted by Gasteiger charge is -2.32. The van der Waals surface area contributed by atoms with Gasteiger partial charge in [-0.05, 0) is 43.0 Å². The van der Waals surface area contributed by atoms with Crippen molar-refractivity contribution in [3.05, 3.63) is 71.3 Å². The Morgan fingerprint density at radius 3 is 2.59 bits per heavy atom. The van der Waals surface area contributed by atoms with Crippen LogP contribution >= 0.6 is 0 Å². The van der Waals surface area contributed by atoms with Gasteiger partial charge in [0.2, 0.25) is 0 Å². The van der Waals surface area contributed by atoms with Crippen molar-refractivity contribution in [3.63, 3.8) is 0 Å². The lowest BCUT2D eigenvalue weighted by molar-refractivity contribution is 0.0952. The monoisotopic (exact) mass is 387 g/mol. The van der Waals surface area contributed by atoms with E-state index in [9.17, 15) is 4.79 Å². The van der Waals surface area contributed by atoms with Crippen LogP contribution in [0.4, 0.5) is 5.82 Å². The first-order chi connectivity index (χ1) is 14.1. The second-order valence-corrected chi connectivity index (χ2v) is 8.06. The minimum absolute atomic E-state index is 0.0508. The Kier molecular flexibility index (Phi) is 5.79. The van der Waals surface area contributed by atoms with Gasteiger partial charge in [0, 0.05) is 25.0 Å². The van der Waals surface area contributed by atoms with E-state index < -0.39 is 0 Å². The van der Waals surface area contributed by atoms with Crippen LogP contribution in [-0.4, -0.2) is 24.0 Å². The second-order valence-electron chi connectivity index (χ2n) is 8.06. The maximum Gasteiger partial charge on any atom is 0.252 e. The number of carbonyl (C=O) groups excluding carboxylic acids is 1. The zero-order valence-corrected chi connectivity index (χ0v) is 17.3. The van der Waals surface area contributed by atoms with Crippen LogP contribution in [0.5, 0.6) is 0 Å². The number of amides is 1. The maximum atomic E-state index is 13.1. The second kappa shape index (κ2) is 8.64. The highest BCUT2D eigenvalue weighted by atomic mass is 16.1. The molecule has 0 unspecified atom stereocenters. The van der Waals surface area contributed by atoms with Gasteiger partial charge in [-0.15, -0.1) is 0 Å². The number of fused-ring (bicyclic) bond motifs is 1. The van der Waals surface area contributed by atoms with Crippen LogP contribution in [0.3, 0.4) is 0 Å². The van der Waals surface area contributed by atoms with Gasteiger partial charge >= 0.3 is 0 Å². The fraction of sp³-hybridized carbons (Fsp3) is 0.360. The standard InChI is InChI=1S/C25H29N3O/c1-18-10-6-7-11-19(18)17-26-25(29)22-16-24(27-23-15-9-8-14-21(22)23)28(2)20-12-4-3-5-13-20/h6-11,14-16,20H,3-5,12-13,17H2,1-2H3,(H,26,29). The largest absolute Gasteiger partial charge is 0.357 e. The number of para-hydroxylation sites is 1. The summed E-state index contributed by atoms with van der Waals surface area (Å²) in [6.07, 6.45) is 6.25. The fourth-order valence-corrected chi connectivity index (χ4v) is 4.26. The van der Waals surface area contributed by atoms with Crippen molar-refractivity contribution < 1.29 is 4.79 Å². The summed E-state index contributed by atoms with van der Waals surface area (Å²) >= 11 is 0. The highest BCUT2D eigenvalue weighted by Gasteiger charge is 2.21. The quantitative estimate of drug-likeness (QED) is 0.651. The number of anilines is 1. The smallest absolute Gasteiger partial charge is 0.252 e. The highest BCUT2D eigenvalue weighted by molar-refractivity contribution is 6.07. The lowest BCUT2D eigenvalue weighted by atomic mass is 9.94. The van der Waals surface area contributed by atoms with Crippen molar-refractivity contribution in [2.75, 3.05) is 11.9 Å². The summed E-state index contributed by atoms with van der Waals surface area (Å²) in [7, 11) is 2.11. The molecule has 3 aromatic rings. The van der Waals surface area contributed by atoms with Gasteiger partial charge in [-0.25, -0.2) is 4.98 Å². The molecule has 0 saturated heterocycles. The molecule has 4 heteroatoms. The highest BCUT2D eigenvalue weighted by Crippen LogP contribution is 2.28. The van der Waals surface area contributed by atoms with Crippen LogP contribution < -0.4 is 10.2 Å². The van der Waals surface area contributed by atoms with E-state index in [2.05, 4.69) is 36.3 Å². The minimum Gasteiger partial charge on any atom is -0.357 e. The fourth-order valence-electron chi connectivity index (χ4n) is 4.26. The Morgan fingerprint density at radius 1 is 1.07 bits per heavy atom. The number of pyridine rings is 1. The average molecular weight is 388 g/mol. The zero-order chi connectivity index (χ0) is 20.2. The van der Waals surface area contributed by atoms with Crippen LogP contribution in [0.25, 0.3) is 10.9 Å². The van der Waals surface area contributed by atoms with Gasteiger partial charge < -0.3 is 10.2 Å². The summed E-state index contributed by atoms with van der Waals surface area (Å²) in [5.41, 5.74) is 3.89. The minimum atomic E-state index is -0.0508. The zero-order valence-electron chi connectivity index (χ0n) is 17.3. The average Bonchev–Trinajstić information content (AvgIpc) is 2.77. The Bertz CT molecular complexity index is 1010. The first-order valence-corrected chi connectivity index (χ1v) is 10.6. The molecule has 1 aromatic heterocycles. The normalized spacial score (nSPS) is 14.7. The molecule has 1 fully saturated rings. The number of hydrogen-bond donors (Lipinski definition) is 1. The molecule has 0 bridgehead atoms. The van der Waals surface area contributed by atoms with E-state index in [1.165, 1.54) is 37.7 Å². The van der Waals surface area contributed by atoms with Gasteiger partial charge in [0.05, 0.1) is 11.1 Å². The number of nitrogens with one attached hydrogen (secondary N) is 1. The lowest BCUT2D eigenvalue weighted by Crippen LogP contribution is -2.34. The van der Waals surface area contributed by atoms with Gasteiger partial charge in [-0.3, -0.25) is 4.79 Å². The van der Waals surface area contributed by atoms with Crippen LogP contribution in [0.15, 0.2) is 54.6 Å². The molecule has 0 atom stereocenters. The predicted octanol–water partition coefficient (Wildman–Crippen LogP) is 5.24. The van der Waals surface area contributed by atoms with E-state index in [1.54, 1.807) is 0 Å². The number of rotatable bonds is 5. The Labute approximate surface area is 173 Å². The molecule has 4 rings (SSSR count). The van der Waals surface area contributed by atoms with Crippen LogP contribution in [-0.2, 0) is 6.54 Å². The summed E-state index contributed by atoms with van der Waals surface area (Å²) in [5.74, 6) is 0.835. The molecule has 0 spiro atoms. The molecule has 1 aliphatic carbocycles. The number of carbonyl (C=O) groups is 1. The van der Waals surface area contributed by atoms with Gasteiger partial charge in [0.15, 0.2) is 0 Å². The number of aromatic nitrogens is 1. The van der Waals surface area contributed by atoms with Crippen LogP contribution in [0.2, 0.25) is 0 Å². The molecule has 1 amide bonds. The molecule has 29 heavy (non-hydrogen) atoms. The summed E-state index contributed by atoms with van der Waals surface area (Å²) in [5, 5.41) is 4.01. The molecule has 150 valence electrons. The van der Waals surface area contributed by atoms with Gasteiger partial charge in [0.25, 0.3) is 5.91 Å². The van der Waals surface area contributed by atoms with E-state index >= 15 is 0 Å². The molecule has 4 nitrogen and oxygen atoms in total. The molecule has 1 heterocycles. The molecular formula is C25H29N3O. The number of aryl methyl sites for hydroxylation is 1. The summed E-state index contributed by atoms with van der Waals surface area (Å²) in [4.78, 5) is 20.3. The predicted molar refractivity (Wildman–Crippen MR) is 119 cm³/mol. The van der Waals surface area contributed by atoms with Gasteiger partial charge in [0.1, 0.15) is 5.82 Å². The number of benzene rings is 2. The molecule has 1 saturated carbocycles. The first-order valence-electron chi connectivity index (χ1n) is 10.6. The van der Waals surface area contributed by atoms with Crippen LogP contribution in [0.1, 0.15) is 53.6 Å². The SMILES string of the molecule is Cc1ccccc1CNC(=O)c1cc(N(C)C2CCCCC2)nc2ccccc12. The van der Waals surface area contributed by atoms with E-state index in [-0.39, 0.29) is 5.91 Å². The van der Waals surface area contributed by atoms with Crippen molar-refractivity contribution in [1.82, 2.24) is 10.3 Å². The van der Waals surface area contributed by atoms with Crippen molar-refractivity contribution >= 4 is 22.6 Å². The molecular weight excluding hydrogens is 358 g/mol. The summed E-state index contributed by atoms with van der Waals surface area (Å²) in [6, 6.07) is 18.5. The van der Waals surface area contributed by atoms with E-state index in [0.717, 1.165) is 22.3 Å². The van der Waals surface area contributed by atoms with Crippen LogP contribution in [0, 0.1) is 6.92 Å². The van der Waals surface area contributed by atoms with E-state index in [0.29, 0.717) is 18.2 Å². The third kappa shape index (κ3) is 4.26. The van der Waals surface area contributed by atoms with Gasteiger partial charge in [-0.1, -0.05) is 61.7 Å². The van der Waals surface area contributed by atoms with Crippen molar-refractivity contribution in [2.24, 2.45) is 0 Å². The third-order valence-corrected chi connectivity index (χ3v) is 6.13. The van der Waals surface area contributed by atoms with E-state index in [1.807, 2.05) is 42.5 Å². The topological polar surface area (TPSA) is 45.2 Å². The Balaban J connectivity index is 1.63. The number of nitrogens with zero attached hydrogens (tertiary/aromatic N) is 2.